The van der Waals surface area contributed by atoms with Gasteiger partial charge in [-0.15, -0.1) is 0 Å². The summed E-state index contributed by atoms with van der Waals surface area (Å²) >= 11 is 0. The van der Waals surface area contributed by atoms with Gasteiger partial charge in [0, 0.05) is 30.6 Å². The van der Waals surface area contributed by atoms with E-state index in [0.29, 0.717) is 17.7 Å². The standard InChI is InChI=1S/C16H17F3N2O2/c17-16(18,19)15(22)12-9-23-14-8-21(6-3-11(12)14)13-7-20-4-1-10(13)2-5-20/h3,6,8,10,13H,1-2,4-5,7,9H2/t13-/m0/s1. The number of fused-ring (bicyclic) bond motifs is 4. The van der Waals surface area contributed by atoms with Crippen molar-refractivity contribution in [2.24, 2.45) is 5.92 Å². The van der Waals surface area contributed by atoms with Crippen LogP contribution in [-0.4, -0.2) is 54.0 Å². The van der Waals surface area contributed by atoms with Gasteiger partial charge in [-0.2, -0.15) is 13.2 Å². The van der Waals surface area contributed by atoms with Gasteiger partial charge in [0.05, 0.1) is 5.57 Å². The van der Waals surface area contributed by atoms with Gasteiger partial charge in [-0.3, -0.25) is 4.79 Å². The molecule has 0 aromatic rings. The summed E-state index contributed by atoms with van der Waals surface area (Å²) in [6.45, 7) is 2.91. The molecule has 0 aromatic carbocycles. The van der Waals surface area contributed by atoms with Gasteiger partial charge in [0.2, 0.25) is 0 Å². The molecule has 0 N–H and O–H groups in total. The number of hydrogen-bond acceptors (Lipinski definition) is 4. The molecule has 1 atom stereocenters. The Morgan fingerprint density at radius 3 is 2.61 bits per heavy atom. The largest absolute Gasteiger partial charge is 0.487 e. The highest BCUT2D eigenvalue weighted by Crippen LogP contribution is 2.37. The van der Waals surface area contributed by atoms with Crippen LogP contribution in [0.2, 0.25) is 0 Å². The number of ketones is 1. The first kappa shape index (κ1) is 14.8. The lowest BCUT2D eigenvalue weighted by atomic mass is 9.83. The molecule has 0 saturated carbocycles. The second-order valence-electron chi connectivity index (χ2n) is 6.47. The Hall–Kier alpha value is -1.76. The number of alkyl halides is 3. The maximum atomic E-state index is 12.6. The number of carbonyl (C=O) groups is 1. The van der Waals surface area contributed by atoms with Crippen molar-refractivity contribution < 1.29 is 22.7 Å². The van der Waals surface area contributed by atoms with E-state index in [4.69, 9.17) is 4.74 Å². The van der Waals surface area contributed by atoms with E-state index >= 15 is 0 Å². The molecule has 0 aromatic heterocycles. The fraction of sp³-hybridized carbons (Fsp3) is 0.562. The number of hydrogen-bond donors (Lipinski definition) is 0. The molecule has 0 aliphatic carbocycles. The maximum Gasteiger partial charge on any atom is 0.454 e. The predicted octanol–water partition coefficient (Wildman–Crippen LogP) is 2.21. The number of ether oxygens (including phenoxy) is 1. The molecule has 2 bridgehead atoms. The van der Waals surface area contributed by atoms with Gasteiger partial charge < -0.3 is 14.5 Å². The minimum absolute atomic E-state index is 0.268. The van der Waals surface area contributed by atoms with Crippen molar-refractivity contribution in [1.29, 1.82) is 0 Å². The van der Waals surface area contributed by atoms with Gasteiger partial charge in [-0.05, 0) is 37.9 Å². The molecular weight excluding hydrogens is 309 g/mol. The number of rotatable bonds is 2. The molecule has 3 saturated heterocycles. The first-order valence-corrected chi connectivity index (χ1v) is 7.81. The maximum absolute atomic E-state index is 12.6. The summed E-state index contributed by atoms with van der Waals surface area (Å²) in [4.78, 5) is 15.9. The van der Waals surface area contributed by atoms with E-state index < -0.39 is 12.0 Å². The lowest BCUT2D eigenvalue weighted by Gasteiger charge is -2.48. The number of Topliss-reactive ketones (excluding diaryl/α,β-unsaturated/α-hetero) is 1. The average Bonchev–Trinajstić information content (AvgIpc) is 2.97. The molecule has 124 valence electrons. The molecule has 0 spiro atoms. The minimum Gasteiger partial charge on any atom is -0.487 e. The normalized spacial score (nSPS) is 32.7. The third-order valence-corrected chi connectivity index (χ3v) is 5.18. The molecule has 5 heterocycles. The van der Waals surface area contributed by atoms with Crippen molar-refractivity contribution in [3.05, 3.63) is 35.4 Å². The van der Waals surface area contributed by atoms with E-state index in [1.54, 1.807) is 18.5 Å². The van der Waals surface area contributed by atoms with Crippen molar-refractivity contribution in [2.45, 2.75) is 25.1 Å². The minimum atomic E-state index is -4.86. The molecule has 0 unspecified atom stereocenters. The van der Waals surface area contributed by atoms with Crippen molar-refractivity contribution in [1.82, 2.24) is 9.80 Å². The van der Waals surface area contributed by atoms with Crippen LogP contribution in [0.15, 0.2) is 35.4 Å². The highest BCUT2D eigenvalue weighted by atomic mass is 19.4. The fourth-order valence-electron chi connectivity index (χ4n) is 3.92. The van der Waals surface area contributed by atoms with Gasteiger partial charge in [0.1, 0.15) is 12.4 Å². The quantitative estimate of drug-likeness (QED) is 0.779. The van der Waals surface area contributed by atoms with Crippen LogP contribution >= 0.6 is 0 Å². The Bertz CT molecular complexity index is 628. The topological polar surface area (TPSA) is 32.8 Å². The summed E-state index contributed by atoms with van der Waals surface area (Å²) in [6, 6.07) is 0.328. The Labute approximate surface area is 131 Å². The van der Waals surface area contributed by atoms with Gasteiger partial charge in [-0.1, -0.05) is 0 Å². The fourth-order valence-corrected chi connectivity index (χ4v) is 3.92. The van der Waals surface area contributed by atoms with Crippen molar-refractivity contribution >= 4 is 5.78 Å². The molecule has 0 amide bonds. The zero-order valence-electron chi connectivity index (χ0n) is 12.5. The molecule has 3 fully saturated rings. The van der Waals surface area contributed by atoms with Crippen LogP contribution in [0.1, 0.15) is 12.8 Å². The summed E-state index contributed by atoms with van der Waals surface area (Å²) in [7, 11) is 0. The third kappa shape index (κ3) is 2.47. The SMILES string of the molecule is O=C(C1=C2C=CN([C@H]3CN4CCC3CC4)C=C2OC1)C(F)(F)F. The predicted molar refractivity (Wildman–Crippen MR) is 76.1 cm³/mol. The molecular formula is C16H17F3N2O2. The van der Waals surface area contributed by atoms with Crippen LogP contribution in [0.25, 0.3) is 0 Å². The van der Waals surface area contributed by atoms with E-state index in [9.17, 15) is 18.0 Å². The smallest absolute Gasteiger partial charge is 0.454 e. The van der Waals surface area contributed by atoms with Crippen molar-refractivity contribution in [2.75, 3.05) is 26.2 Å². The molecule has 5 aliphatic heterocycles. The van der Waals surface area contributed by atoms with Gasteiger partial charge in [0.25, 0.3) is 5.78 Å². The summed E-state index contributed by atoms with van der Waals surface area (Å²) in [5.74, 6) is -0.835. The van der Waals surface area contributed by atoms with E-state index in [0.717, 1.165) is 32.5 Å². The highest BCUT2D eigenvalue weighted by molar-refractivity contribution is 6.02. The average molecular weight is 326 g/mol. The molecule has 23 heavy (non-hydrogen) atoms. The van der Waals surface area contributed by atoms with Crippen LogP contribution in [-0.2, 0) is 9.53 Å². The Morgan fingerprint density at radius 1 is 1.26 bits per heavy atom. The lowest BCUT2D eigenvalue weighted by molar-refractivity contribution is -0.166. The molecule has 0 radical (unpaired) electrons. The number of nitrogens with zero attached hydrogens (tertiary/aromatic N) is 2. The first-order valence-electron chi connectivity index (χ1n) is 7.81. The first-order chi connectivity index (χ1) is 10.9. The lowest BCUT2D eigenvalue weighted by Crippen LogP contribution is -2.55. The summed E-state index contributed by atoms with van der Waals surface area (Å²) < 4.78 is 43.2. The van der Waals surface area contributed by atoms with Crippen molar-refractivity contribution in [3.8, 4) is 0 Å². The van der Waals surface area contributed by atoms with E-state index in [1.165, 1.54) is 0 Å². The van der Waals surface area contributed by atoms with Crippen molar-refractivity contribution in [3.63, 3.8) is 0 Å². The molecule has 7 heteroatoms. The molecule has 5 aliphatic rings. The van der Waals surface area contributed by atoms with Gasteiger partial charge in [0.15, 0.2) is 0 Å². The van der Waals surface area contributed by atoms with Gasteiger partial charge >= 0.3 is 6.18 Å². The van der Waals surface area contributed by atoms with E-state index in [-0.39, 0.29) is 17.8 Å². The van der Waals surface area contributed by atoms with E-state index in [2.05, 4.69) is 4.90 Å². The van der Waals surface area contributed by atoms with Crippen LogP contribution < -0.4 is 0 Å². The Kier molecular flexibility index (Phi) is 3.30. The number of piperidine rings is 3. The Morgan fingerprint density at radius 2 is 2.00 bits per heavy atom. The van der Waals surface area contributed by atoms with E-state index in [1.807, 2.05) is 4.90 Å². The third-order valence-electron chi connectivity index (χ3n) is 5.18. The monoisotopic (exact) mass is 326 g/mol. The number of halogens is 3. The zero-order valence-corrected chi connectivity index (χ0v) is 12.5. The number of carbonyl (C=O) groups excluding carboxylic acids is 1. The van der Waals surface area contributed by atoms with Crippen LogP contribution in [0.4, 0.5) is 13.2 Å². The summed E-state index contributed by atoms with van der Waals surface area (Å²) in [6.07, 6.45) is 2.56. The highest BCUT2D eigenvalue weighted by Gasteiger charge is 2.44. The molecule has 4 nitrogen and oxygen atoms in total. The second kappa shape index (κ2) is 5.12. The summed E-state index contributed by atoms with van der Waals surface area (Å²) in [5.41, 5.74) is -0.0292. The van der Waals surface area contributed by atoms with Crippen LogP contribution in [0.3, 0.4) is 0 Å². The van der Waals surface area contributed by atoms with Crippen LogP contribution in [0, 0.1) is 5.92 Å². The number of allylic oxidation sites excluding steroid dienone is 1. The van der Waals surface area contributed by atoms with Crippen LogP contribution in [0.5, 0.6) is 0 Å². The zero-order chi connectivity index (χ0) is 16.2. The molecule has 5 rings (SSSR count). The Balaban J connectivity index is 1.58. The summed E-state index contributed by atoms with van der Waals surface area (Å²) in [5, 5.41) is 0. The van der Waals surface area contributed by atoms with Gasteiger partial charge in [-0.25, -0.2) is 0 Å². The second-order valence-corrected chi connectivity index (χ2v) is 6.47.